The second-order valence-electron chi connectivity index (χ2n) is 5.03. The zero-order valence-corrected chi connectivity index (χ0v) is 13.6. The number of aromatic nitrogens is 1. The first kappa shape index (κ1) is 16.4. The van der Waals surface area contributed by atoms with Crippen LogP contribution in [0.2, 0.25) is 0 Å². The maximum atomic E-state index is 11.8. The molecule has 1 heterocycles. The zero-order chi connectivity index (χ0) is 15.3. The van der Waals surface area contributed by atoms with Crippen molar-refractivity contribution in [3.63, 3.8) is 0 Å². The fraction of sp³-hybridized carbons (Fsp3) is 0.462. The number of pyridine rings is 1. The van der Waals surface area contributed by atoms with E-state index in [0.29, 0.717) is 5.82 Å². The van der Waals surface area contributed by atoms with Crippen LogP contribution in [-0.2, 0) is 4.79 Å². The standard InChI is InChI=1S/C13H19BrN4O2/c1-8-9(14)5-6-10(17-8)18-12(20)16-7-13(2,3)11(19)15-4/h5-6H,7H2,1-4H3,(H,15,19)(H2,16,17,18,20). The highest BCUT2D eigenvalue weighted by molar-refractivity contribution is 9.10. The van der Waals surface area contributed by atoms with Gasteiger partial charge in [0.25, 0.3) is 0 Å². The molecule has 7 heteroatoms. The van der Waals surface area contributed by atoms with E-state index in [0.717, 1.165) is 10.2 Å². The van der Waals surface area contributed by atoms with Gasteiger partial charge in [-0.1, -0.05) is 0 Å². The summed E-state index contributed by atoms with van der Waals surface area (Å²) in [5.41, 5.74) is 0.114. The molecule has 20 heavy (non-hydrogen) atoms. The minimum absolute atomic E-state index is 0.129. The summed E-state index contributed by atoms with van der Waals surface area (Å²) >= 11 is 3.34. The van der Waals surface area contributed by atoms with Crippen LogP contribution in [0.3, 0.4) is 0 Å². The Bertz CT molecular complexity index is 517. The molecule has 0 saturated carbocycles. The van der Waals surface area contributed by atoms with E-state index in [4.69, 9.17) is 0 Å². The molecule has 1 rings (SSSR count). The molecule has 0 fully saturated rings. The lowest BCUT2D eigenvalue weighted by Gasteiger charge is -2.22. The number of carbonyl (C=O) groups excluding carboxylic acids is 2. The van der Waals surface area contributed by atoms with Gasteiger partial charge in [0.05, 0.1) is 11.1 Å². The lowest BCUT2D eigenvalue weighted by atomic mass is 9.92. The summed E-state index contributed by atoms with van der Waals surface area (Å²) in [6.45, 7) is 5.58. The van der Waals surface area contributed by atoms with Crippen molar-refractivity contribution in [3.8, 4) is 0 Å². The molecule has 3 amide bonds. The number of hydrogen-bond acceptors (Lipinski definition) is 3. The van der Waals surface area contributed by atoms with E-state index in [-0.39, 0.29) is 12.5 Å². The van der Waals surface area contributed by atoms with Crippen molar-refractivity contribution in [2.45, 2.75) is 20.8 Å². The summed E-state index contributed by atoms with van der Waals surface area (Å²) < 4.78 is 0.879. The second kappa shape index (κ2) is 6.69. The minimum atomic E-state index is -0.671. The van der Waals surface area contributed by atoms with Gasteiger partial charge in [-0.05, 0) is 48.8 Å². The Kier molecular flexibility index (Phi) is 5.50. The number of urea groups is 1. The quantitative estimate of drug-likeness (QED) is 0.782. The van der Waals surface area contributed by atoms with Crippen molar-refractivity contribution in [2.75, 3.05) is 18.9 Å². The van der Waals surface area contributed by atoms with E-state index < -0.39 is 11.4 Å². The zero-order valence-electron chi connectivity index (χ0n) is 12.0. The van der Waals surface area contributed by atoms with Crippen molar-refractivity contribution >= 4 is 33.7 Å². The van der Waals surface area contributed by atoms with Gasteiger partial charge < -0.3 is 10.6 Å². The third-order valence-electron chi connectivity index (χ3n) is 2.80. The van der Waals surface area contributed by atoms with Crippen LogP contribution in [0.5, 0.6) is 0 Å². The molecule has 6 nitrogen and oxygen atoms in total. The van der Waals surface area contributed by atoms with E-state index in [2.05, 4.69) is 36.9 Å². The first-order chi connectivity index (χ1) is 9.26. The maximum Gasteiger partial charge on any atom is 0.320 e. The van der Waals surface area contributed by atoms with Crippen LogP contribution in [0.25, 0.3) is 0 Å². The molecule has 0 aliphatic heterocycles. The average Bonchev–Trinajstić information content (AvgIpc) is 2.40. The number of rotatable bonds is 4. The van der Waals surface area contributed by atoms with Gasteiger partial charge in [0.1, 0.15) is 5.82 Å². The highest BCUT2D eigenvalue weighted by atomic mass is 79.9. The number of nitrogens with one attached hydrogen (secondary N) is 3. The van der Waals surface area contributed by atoms with Gasteiger partial charge >= 0.3 is 6.03 Å². The number of anilines is 1. The number of carbonyl (C=O) groups is 2. The van der Waals surface area contributed by atoms with E-state index in [1.54, 1.807) is 27.0 Å². The Labute approximate surface area is 126 Å². The summed E-state index contributed by atoms with van der Waals surface area (Å²) in [6, 6.07) is 3.11. The molecule has 0 unspecified atom stereocenters. The van der Waals surface area contributed by atoms with Crippen molar-refractivity contribution < 1.29 is 9.59 Å². The first-order valence-corrected chi connectivity index (χ1v) is 6.96. The third kappa shape index (κ3) is 4.48. The smallest absolute Gasteiger partial charge is 0.320 e. The lowest BCUT2D eigenvalue weighted by Crippen LogP contribution is -2.44. The minimum Gasteiger partial charge on any atom is -0.359 e. The Hall–Kier alpha value is -1.63. The van der Waals surface area contributed by atoms with Crippen molar-refractivity contribution in [3.05, 3.63) is 22.3 Å². The number of halogens is 1. The number of hydrogen-bond donors (Lipinski definition) is 3. The Morgan fingerprint density at radius 1 is 1.35 bits per heavy atom. The molecule has 0 spiro atoms. The molecule has 0 radical (unpaired) electrons. The molecule has 0 saturated heterocycles. The summed E-state index contributed by atoms with van der Waals surface area (Å²) in [5, 5.41) is 7.85. The number of amides is 3. The summed E-state index contributed by atoms with van der Waals surface area (Å²) in [4.78, 5) is 27.6. The molecular weight excluding hydrogens is 324 g/mol. The SMILES string of the molecule is CNC(=O)C(C)(C)CNC(=O)Nc1ccc(Br)c(C)n1. The second-order valence-corrected chi connectivity index (χ2v) is 5.89. The maximum absolute atomic E-state index is 11.8. The molecule has 0 aromatic carbocycles. The normalized spacial score (nSPS) is 10.8. The fourth-order valence-electron chi connectivity index (χ4n) is 1.49. The third-order valence-corrected chi connectivity index (χ3v) is 3.63. The van der Waals surface area contributed by atoms with Crippen molar-refractivity contribution in [1.82, 2.24) is 15.6 Å². The van der Waals surface area contributed by atoms with Gasteiger partial charge in [0.15, 0.2) is 0 Å². The molecule has 0 bridgehead atoms. The molecule has 0 aliphatic rings. The first-order valence-electron chi connectivity index (χ1n) is 6.16. The van der Waals surface area contributed by atoms with Crippen LogP contribution in [-0.4, -0.2) is 30.5 Å². The molecule has 1 aromatic rings. The average molecular weight is 343 g/mol. The molecular formula is C13H19BrN4O2. The van der Waals surface area contributed by atoms with Gasteiger partial charge in [-0.15, -0.1) is 0 Å². The molecule has 1 aromatic heterocycles. The Morgan fingerprint density at radius 2 is 2.00 bits per heavy atom. The highest BCUT2D eigenvalue weighted by Crippen LogP contribution is 2.16. The van der Waals surface area contributed by atoms with Gasteiger partial charge in [-0.2, -0.15) is 0 Å². The predicted octanol–water partition coefficient (Wildman–Crippen LogP) is 2.05. The van der Waals surface area contributed by atoms with E-state index in [1.165, 1.54) is 0 Å². The fourth-order valence-corrected chi connectivity index (χ4v) is 1.71. The van der Waals surface area contributed by atoms with Crippen molar-refractivity contribution in [1.29, 1.82) is 0 Å². The largest absolute Gasteiger partial charge is 0.359 e. The Balaban J connectivity index is 2.56. The number of nitrogens with zero attached hydrogens (tertiary/aromatic N) is 1. The van der Waals surface area contributed by atoms with E-state index >= 15 is 0 Å². The van der Waals surface area contributed by atoms with Crippen LogP contribution in [0, 0.1) is 12.3 Å². The molecule has 0 atom stereocenters. The van der Waals surface area contributed by atoms with Crippen LogP contribution in [0.4, 0.5) is 10.6 Å². The van der Waals surface area contributed by atoms with Crippen LogP contribution in [0.15, 0.2) is 16.6 Å². The topological polar surface area (TPSA) is 83.1 Å². The van der Waals surface area contributed by atoms with E-state index in [1.807, 2.05) is 13.0 Å². The predicted molar refractivity (Wildman–Crippen MR) is 81.5 cm³/mol. The van der Waals surface area contributed by atoms with Crippen LogP contribution in [0.1, 0.15) is 19.5 Å². The highest BCUT2D eigenvalue weighted by Gasteiger charge is 2.27. The van der Waals surface area contributed by atoms with E-state index in [9.17, 15) is 9.59 Å². The Morgan fingerprint density at radius 3 is 2.55 bits per heavy atom. The van der Waals surface area contributed by atoms with Crippen LogP contribution >= 0.6 is 15.9 Å². The summed E-state index contributed by atoms with van der Waals surface area (Å²) in [6.07, 6.45) is 0. The van der Waals surface area contributed by atoms with Gasteiger partial charge in [-0.25, -0.2) is 9.78 Å². The molecule has 110 valence electrons. The summed E-state index contributed by atoms with van der Waals surface area (Å²) in [7, 11) is 1.57. The molecule has 3 N–H and O–H groups in total. The lowest BCUT2D eigenvalue weighted by molar-refractivity contribution is -0.128. The monoisotopic (exact) mass is 342 g/mol. The molecule has 0 aliphatic carbocycles. The van der Waals surface area contributed by atoms with Gasteiger partial charge in [-0.3, -0.25) is 10.1 Å². The van der Waals surface area contributed by atoms with Crippen molar-refractivity contribution in [2.24, 2.45) is 5.41 Å². The summed E-state index contributed by atoms with van der Waals surface area (Å²) in [5.74, 6) is 0.330. The van der Waals surface area contributed by atoms with Gasteiger partial charge in [0.2, 0.25) is 5.91 Å². The number of aryl methyl sites for hydroxylation is 1. The van der Waals surface area contributed by atoms with Gasteiger partial charge in [0, 0.05) is 18.1 Å². The van der Waals surface area contributed by atoms with Crippen LogP contribution < -0.4 is 16.0 Å².